The molecule has 14 heteroatoms. The molecule has 1 aromatic heterocycles. The Labute approximate surface area is 228 Å². The lowest BCUT2D eigenvalue weighted by molar-refractivity contribution is -0.192. The van der Waals surface area contributed by atoms with E-state index in [-0.39, 0.29) is 11.7 Å². The molecule has 11 nitrogen and oxygen atoms in total. The fraction of sp³-hybridized carbons (Fsp3) is 0.231. The van der Waals surface area contributed by atoms with Crippen LogP contribution in [-0.4, -0.2) is 47.2 Å². The van der Waals surface area contributed by atoms with Crippen molar-refractivity contribution in [3.8, 4) is 11.5 Å². The summed E-state index contributed by atoms with van der Waals surface area (Å²) in [4.78, 5) is 26.2. The molecule has 1 atom stereocenters. The number of nitrogens with zero attached hydrogens (tertiary/aromatic N) is 1. The number of alkyl halides is 3. The van der Waals surface area contributed by atoms with E-state index in [9.17, 15) is 18.0 Å². The number of hydrogen-bond donors (Lipinski definition) is 6. The second-order valence-corrected chi connectivity index (χ2v) is 7.77. The Morgan fingerprint density at radius 3 is 2.17 bits per heavy atom. The minimum absolute atomic E-state index is 0.0247. The number of aliphatic carboxylic acids is 1. The molecule has 0 bridgehead atoms. The number of hydrogen-bond acceptors (Lipinski definition) is 8. The Bertz CT molecular complexity index is 1270. The Morgan fingerprint density at radius 2 is 1.65 bits per heavy atom. The molecule has 1 unspecified atom stereocenters. The van der Waals surface area contributed by atoms with E-state index in [2.05, 4.69) is 21.2 Å². The van der Waals surface area contributed by atoms with Gasteiger partial charge >= 0.3 is 12.1 Å². The van der Waals surface area contributed by atoms with E-state index in [0.29, 0.717) is 47.3 Å². The van der Waals surface area contributed by atoms with Crippen molar-refractivity contribution in [2.24, 2.45) is 5.73 Å². The number of pyridine rings is 1. The average molecular weight is 563 g/mol. The van der Waals surface area contributed by atoms with Crippen molar-refractivity contribution in [2.45, 2.75) is 26.1 Å². The quantitative estimate of drug-likeness (QED) is 0.114. The molecule has 0 fully saturated rings. The van der Waals surface area contributed by atoms with Crippen molar-refractivity contribution in [1.82, 2.24) is 10.4 Å². The van der Waals surface area contributed by atoms with Gasteiger partial charge in [-0.1, -0.05) is 12.1 Å². The molecule has 3 rings (SSSR count). The van der Waals surface area contributed by atoms with Crippen LogP contribution in [0.4, 0.5) is 24.7 Å². The number of carboxylic acid groups (broad SMARTS) is 1. The van der Waals surface area contributed by atoms with Gasteiger partial charge in [0.1, 0.15) is 17.7 Å². The number of carboxylic acids is 1. The van der Waals surface area contributed by atoms with Crippen LogP contribution in [0.2, 0.25) is 0 Å². The highest BCUT2D eigenvalue weighted by Gasteiger charge is 2.38. The van der Waals surface area contributed by atoms with E-state index >= 15 is 0 Å². The van der Waals surface area contributed by atoms with Crippen LogP contribution in [-0.2, 0) is 9.59 Å². The topological polar surface area (TPSA) is 172 Å². The summed E-state index contributed by atoms with van der Waals surface area (Å²) in [6, 6.07) is 16.9. The molecule has 3 aromatic rings. The maximum atomic E-state index is 13.2. The van der Waals surface area contributed by atoms with Gasteiger partial charge in [0, 0.05) is 17.4 Å². The van der Waals surface area contributed by atoms with E-state index in [1.165, 1.54) is 0 Å². The zero-order valence-electron chi connectivity index (χ0n) is 21.6. The van der Waals surface area contributed by atoms with Gasteiger partial charge in [-0.05, 0) is 67.9 Å². The monoisotopic (exact) mass is 562 g/mol. The Balaban J connectivity index is 0.000000708. The summed E-state index contributed by atoms with van der Waals surface area (Å²) in [6.45, 7) is 4.74. The van der Waals surface area contributed by atoms with Crippen LogP contribution in [0.1, 0.15) is 31.0 Å². The van der Waals surface area contributed by atoms with E-state index < -0.39 is 18.2 Å². The summed E-state index contributed by atoms with van der Waals surface area (Å²) in [6.07, 6.45) is -3.46. The van der Waals surface area contributed by atoms with Gasteiger partial charge in [0.2, 0.25) is 0 Å². The Hall–Kier alpha value is -5.01. The van der Waals surface area contributed by atoms with Crippen molar-refractivity contribution in [1.29, 1.82) is 5.41 Å². The number of carbonyl (C=O) groups is 2. The fourth-order valence-electron chi connectivity index (χ4n) is 3.09. The van der Waals surface area contributed by atoms with Crippen LogP contribution < -0.4 is 31.4 Å². The normalized spacial score (nSPS) is 11.2. The van der Waals surface area contributed by atoms with Crippen molar-refractivity contribution < 1.29 is 37.3 Å². The fourth-order valence-corrected chi connectivity index (χ4v) is 3.09. The molecule has 0 spiro atoms. The molecular formula is C26H29F3N6O5. The zero-order chi connectivity index (χ0) is 29.7. The summed E-state index contributed by atoms with van der Waals surface area (Å²) in [5.41, 5.74) is 13.0. The molecule has 2 aromatic carbocycles. The van der Waals surface area contributed by atoms with Crippen molar-refractivity contribution in [3.63, 3.8) is 0 Å². The first kappa shape index (κ1) is 31.2. The number of carbonyl (C=O) groups excluding carboxylic acids is 1. The van der Waals surface area contributed by atoms with Crippen LogP contribution in [0.3, 0.4) is 0 Å². The molecule has 0 radical (unpaired) electrons. The maximum Gasteiger partial charge on any atom is 0.490 e. The molecule has 0 aliphatic heterocycles. The first-order chi connectivity index (χ1) is 19.0. The van der Waals surface area contributed by atoms with Crippen LogP contribution in [0.25, 0.3) is 0 Å². The number of nitrogens with two attached hydrogens (primary N) is 1. The summed E-state index contributed by atoms with van der Waals surface area (Å²) in [5, 5.41) is 17.9. The summed E-state index contributed by atoms with van der Waals surface area (Å²) < 4.78 is 43.1. The molecule has 0 saturated heterocycles. The summed E-state index contributed by atoms with van der Waals surface area (Å²) in [7, 11) is 0. The number of rotatable bonds is 11. The second kappa shape index (κ2) is 14.8. The Kier molecular flexibility index (Phi) is 11.5. The summed E-state index contributed by atoms with van der Waals surface area (Å²) in [5.74, 6) is -1.43. The number of anilines is 2. The number of halogens is 3. The first-order valence-electron chi connectivity index (χ1n) is 11.8. The molecule has 0 saturated carbocycles. The predicted molar refractivity (Wildman–Crippen MR) is 142 cm³/mol. The van der Waals surface area contributed by atoms with Crippen LogP contribution in [0.15, 0.2) is 66.9 Å². The van der Waals surface area contributed by atoms with E-state index in [1.54, 1.807) is 54.7 Å². The van der Waals surface area contributed by atoms with E-state index in [1.807, 2.05) is 26.0 Å². The van der Waals surface area contributed by atoms with E-state index in [0.717, 1.165) is 0 Å². The van der Waals surface area contributed by atoms with Gasteiger partial charge in [0.25, 0.3) is 5.91 Å². The number of amides is 1. The third-order valence-electron chi connectivity index (χ3n) is 4.89. The maximum absolute atomic E-state index is 13.2. The molecule has 214 valence electrons. The van der Waals surface area contributed by atoms with Crippen molar-refractivity contribution in [2.75, 3.05) is 24.0 Å². The number of nitrogen functional groups attached to an aromatic ring is 1. The van der Waals surface area contributed by atoms with Crippen molar-refractivity contribution >= 4 is 29.2 Å². The van der Waals surface area contributed by atoms with Crippen LogP contribution in [0, 0.1) is 5.41 Å². The number of amidine groups is 1. The molecular weight excluding hydrogens is 533 g/mol. The van der Waals surface area contributed by atoms with Gasteiger partial charge in [-0.2, -0.15) is 13.2 Å². The molecule has 1 heterocycles. The molecule has 1 amide bonds. The SMILES string of the molecule is CCOc1ccc(C(Nc2ccc(C(=N)N)cc2)C(=O)NNc2ccccn2)cc1OCC.O=C(O)C(F)(F)F. The molecule has 7 N–H and O–H groups in total. The second-order valence-electron chi connectivity index (χ2n) is 7.77. The highest BCUT2D eigenvalue weighted by Crippen LogP contribution is 2.32. The zero-order valence-corrected chi connectivity index (χ0v) is 21.6. The average Bonchev–Trinajstić information content (AvgIpc) is 2.92. The van der Waals surface area contributed by atoms with E-state index in [4.69, 9.17) is 30.5 Å². The highest BCUT2D eigenvalue weighted by atomic mass is 19.4. The van der Waals surface area contributed by atoms with Crippen LogP contribution >= 0.6 is 0 Å². The largest absolute Gasteiger partial charge is 0.490 e. The number of ether oxygens (including phenoxy) is 2. The third-order valence-corrected chi connectivity index (χ3v) is 4.89. The smallest absolute Gasteiger partial charge is 0.490 e. The van der Waals surface area contributed by atoms with Crippen LogP contribution in [0.5, 0.6) is 11.5 Å². The molecule has 0 aliphatic rings. The minimum atomic E-state index is -5.08. The predicted octanol–water partition coefficient (Wildman–Crippen LogP) is 4.09. The minimum Gasteiger partial charge on any atom is -0.490 e. The van der Waals surface area contributed by atoms with Gasteiger partial charge in [0.05, 0.1) is 13.2 Å². The number of benzene rings is 2. The number of nitrogens with one attached hydrogen (secondary N) is 4. The molecule has 0 aliphatic carbocycles. The Morgan fingerprint density at radius 1 is 1.02 bits per heavy atom. The lowest BCUT2D eigenvalue weighted by Gasteiger charge is -2.22. The third kappa shape index (κ3) is 9.70. The lowest BCUT2D eigenvalue weighted by Crippen LogP contribution is -2.37. The van der Waals surface area contributed by atoms with Gasteiger partial charge in [-0.25, -0.2) is 9.78 Å². The highest BCUT2D eigenvalue weighted by molar-refractivity contribution is 5.95. The first-order valence-corrected chi connectivity index (χ1v) is 11.8. The van der Waals surface area contributed by atoms with Gasteiger partial charge in [-0.15, -0.1) is 0 Å². The summed E-state index contributed by atoms with van der Waals surface area (Å²) >= 11 is 0. The van der Waals surface area contributed by atoms with Gasteiger partial charge in [-0.3, -0.25) is 21.1 Å². The molecule has 40 heavy (non-hydrogen) atoms. The van der Waals surface area contributed by atoms with Crippen molar-refractivity contribution in [3.05, 3.63) is 78.0 Å². The lowest BCUT2D eigenvalue weighted by atomic mass is 10.0. The number of hydrazine groups is 1. The number of aromatic nitrogens is 1. The van der Waals surface area contributed by atoms with Gasteiger partial charge in [0.15, 0.2) is 11.5 Å². The van der Waals surface area contributed by atoms with Gasteiger partial charge < -0.3 is 25.6 Å². The standard InChI is InChI=1S/C24H28N6O3.C2HF3O2/c1-3-32-19-13-10-17(15-20(19)33-4-2)22(24(31)30-29-21-7-5-6-14-27-21)28-18-11-8-16(9-12-18)23(25)26;3-2(4,5)1(6)7/h5-15,22,28H,3-4H2,1-2H3,(H3,25,26)(H,27,29)(H,30,31);(H,6,7).